The molecule has 1 aliphatic rings. The number of nitrogens with zero attached hydrogens (tertiary/aromatic N) is 1. The molecule has 3 rings (SSSR count). The van der Waals surface area contributed by atoms with Gasteiger partial charge in [0, 0.05) is 38.6 Å². The summed E-state index contributed by atoms with van der Waals surface area (Å²) in [5.74, 6) is 2.42. The lowest BCUT2D eigenvalue weighted by Crippen LogP contribution is -2.39. The predicted octanol–water partition coefficient (Wildman–Crippen LogP) is 3.03. The summed E-state index contributed by atoms with van der Waals surface area (Å²) < 4.78 is 10.8. The molecule has 1 atom stereocenters. The summed E-state index contributed by atoms with van der Waals surface area (Å²) in [5.41, 5.74) is 1.38. The maximum absolute atomic E-state index is 5.44. The van der Waals surface area contributed by atoms with E-state index in [1.807, 2.05) is 12.1 Å². The first kappa shape index (κ1) is 18.5. The highest BCUT2D eigenvalue weighted by molar-refractivity contribution is 5.79. The van der Waals surface area contributed by atoms with E-state index in [4.69, 9.17) is 14.1 Å². The molecule has 26 heavy (non-hydrogen) atoms. The van der Waals surface area contributed by atoms with Gasteiger partial charge in [0.15, 0.2) is 5.96 Å². The van der Waals surface area contributed by atoms with E-state index in [1.165, 1.54) is 5.56 Å². The summed E-state index contributed by atoms with van der Waals surface area (Å²) in [7, 11) is 0. The van der Waals surface area contributed by atoms with Crippen LogP contribution in [0.15, 0.2) is 58.1 Å². The molecule has 0 bridgehead atoms. The lowest BCUT2D eigenvalue weighted by Gasteiger charge is -2.13. The van der Waals surface area contributed by atoms with Crippen LogP contribution in [0.2, 0.25) is 0 Å². The van der Waals surface area contributed by atoms with E-state index in [1.54, 1.807) is 6.26 Å². The summed E-state index contributed by atoms with van der Waals surface area (Å²) in [6.45, 7) is 4.22. The molecular weight excluding hydrogens is 326 g/mol. The molecule has 0 saturated carbocycles. The Bertz CT molecular complexity index is 635. The zero-order valence-corrected chi connectivity index (χ0v) is 15.3. The van der Waals surface area contributed by atoms with Crippen molar-refractivity contribution >= 4 is 5.96 Å². The minimum absolute atomic E-state index is 0.544. The van der Waals surface area contributed by atoms with E-state index in [-0.39, 0.29) is 0 Å². The summed E-state index contributed by atoms with van der Waals surface area (Å²) in [4.78, 5) is 4.75. The van der Waals surface area contributed by atoms with Gasteiger partial charge in [-0.15, -0.1) is 0 Å². The zero-order valence-electron chi connectivity index (χ0n) is 15.3. The van der Waals surface area contributed by atoms with Gasteiger partial charge in [0.25, 0.3) is 0 Å². The normalized spacial score (nSPS) is 17.4. The number of aliphatic imine (C=N–C) groups is 1. The zero-order chi connectivity index (χ0) is 17.9. The number of nitrogens with one attached hydrogen (secondary N) is 2. The molecule has 1 unspecified atom stereocenters. The van der Waals surface area contributed by atoms with E-state index in [2.05, 4.69) is 41.0 Å². The number of furan rings is 1. The van der Waals surface area contributed by atoms with Crippen molar-refractivity contribution in [1.29, 1.82) is 0 Å². The maximum atomic E-state index is 5.44. The van der Waals surface area contributed by atoms with E-state index in [0.29, 0.717) is 5.92 Å². The largest absolute Gasteiger partial charge is 0.469 e. The van der Waals surface area contributed by atoms with Gasteiger partial charge in [-0.05, 0) is 37.0 Å². The minimum atomic E-state index is 0.544. The van der Waals surface area contributed by atoms with Crippen LogP contribution in [0.1, 0.15) is 24.2 Å². The number of aryl methyl sites for hydroxylation is 1. The Morgan fingerprint density at radius 1 is 1.04 bits per heavy atom. The fraction of sp³-hybridized carbons (Fsp3) is 0.476. The second-order valence-electron chi connectivity index (χ2n) is 6.69. The van der Waals surface area contributed by atoms with Crippen molar-refractivity contribution < 1.29 is 9.15 Å². The Kier molecular flexibility index (Phi) is 7.59. The average molecular weight is 355 g/mol. The molecule has 5 heteroatoms. The third-order valence-corrected chi connectivity index (χ3v) is 4.55. The van der Waals surface area contributed by atoms with E-state index < -0.39 is 0 Å². The number of guanidine groups is 1. The predicted molar refractivity (Wildman–Crippen MR) is 104 cm³/mol. The monoisotopic (exact) mass is 355 g/mol. The molecule has 0 amide bonds. The molecule has 5 nitrogen and oxygen atoms in total. The van der Waals surface area contributed by atoms with Crippen LogP contribution >= 0.6 is 0 Å². The quantitative estimate of drug-likeness (QED) is 0.412. The number of ether oxygens (including phenoxy) is 1. The SMILES string of the molecule is c1ccc(CCCNC(=NCC2CCOC2)NCCc2ccco2)cc1. The van der Waals surface area contributed by atoms with Gasteiger partial charge < -0.3 is 19.8 Å². The summed E-state index contributed by atoms with van der Waals surface area (Å²) in [6.07, 6.45) is 5.83. The highest BCUT2D eigenvalue weighted by Crippen LogP contribution is 2.12. The van der Waals surface area contributed by atoms with Crippen molar-refractivity contribution in [3.63, 3.8) is 0 Å². The first-order valence-corrected chi connectivity index (χ1v) is 9.56. The molecule has 140 valence electrons. The standard InChI is InChI=1S/C21H29N3O2/c1-2-6-18(7-3-1)8-4-12-22-21(24-16-19-11-15-25-17-19)23-13-10-20-9-5-14-26-20/h1-3,5-7,9,14,19H,4,8,10-13,15-17H2,(H2,22,23,24). The Morgan fingerprint density at radius 3 is 2.69 bits per heavy atom. The molecule has 0 radical (unpaired) electrons. The van der Waals surface area contributed by atoms with Crippen molar-refractivity contribution in [3.8, 4) is 0 Å². The number of benzene rings is 1. The number of hydrogen-bond donors (Lipinski definition) is 2. The lowest BCUT2D eigenvalue weighted by atomic mass is 10.1. The Labute approximate surface area is 155 Å². The summed E-state index contributed by atoms with van der Waals surface area (Å²) >= 11 is 0. The summed E-state index contributed by atoms with van der Waals surface area (Å²) in [6, 6.07) is 14.5. The van der Waals surface area contributed by atoms with Crippen molar-refractivity contribution in [3.05, 3.63) is 60.1 Å². The smallest absolute Gasteiger partial charge is 0.191 e. The molecule has 2 heterocycles. The molecule has 1 saturated heterocycles. The minimum Gasteiger partial charge on any atom is -0.469 e. The van der Waals surface area contributed by atoms with Gasteiger partial charge in [-0.25, -0.2) is 0 Å². The van der Waals surface area contributed by atoms with Crippen LogP contribution in [0.4, 0.5) is 0 Å². The van der Waals surface area contributed by atoms with Crippen molar-refractivity contribution in [1.82, 2.24) is 10.6 Å². The topological polar surface area (TPSA) is 58.8 Å². The first-order valence-electron chi connectivity index (χ1n) is 9.56. The Balaban J connectivity index is 1.42. The summed E-state index contributed by atoms with van der Waals surface area (Å²) in [5, 5.41) is 6.88. The van der Waals surface area contributed by atoms with Crippen LogP contribution in [-0.4, -0.2) is 38.8 Å². The van der Waals surface area contributed by atoms with Crippen molar-refractivity contribution in [2.45, 2.75) is 25.7 Å². The average Bonchev–Trinajstić information content (AvgIpc) is 3.37. The Morgan fingerprint density at radius 2 is 1.92 bits per heavy atom. The van der Waals surface area contributed by atoms with E-state index in [9.17, 15) is 0 Å². The molecular formula is C21H29N3O2. The second kappa shape index (κ2) is 10.7. The van der Waals surface area contributed by atoms with Crippen molar-refractivity contribution in [2.75, 3.05) is 32.8 Å². The second-order valence-corrected chi connectivity index (χ2v) is 6.69. The first-order chi connectivity index (χ1) is 12.9. The van der Waals surface area contributed by atoms with Crippen LogP contribution in [0.25, 0.3) is 0 Å². The van der Waals surface area contributed by atoms with Gasteiger partial charge in [-0.3, -0.25) is 4.99 Å². The van der Waals surface area contributed by atoms with Gasteiger partial charge in [0.2, 0.25) is 0 Å². The molecule has 0 aliphatic carbocycles. The fourth-order valence-corrected chi connectivity index (χ4v) is 3.02. The van der Waals surface area contributed by atoms with Gasteiger partial charge in [-0.1, -0.05) is 30.3 Å². The van der Waals surface area contributed by atoms with Crippen LogP contribution in [0.5, 0.6) is 0 Å². The molecule has 1 aliphatic heterocycles. The van der Waals surface area contributed by atoms with Crippen LogP contribution in [0.3, 0.4) is 0 Å². The van der Waals surface area contributed by atoms with Gasteiger partial charge in [0.05, 0.1) is 12.9 Å². The third-order valence-electron chi connectivity index (χ3n) is 4.55. The van der Waals surface area contributed by atoms with Gasteiger partial charge >= 0.3 is 0 Å². The molecule has 1 aromatic heterocycles. The molecule has 2 aromatic rings. The highest BCUT2D eigenvalue weighted by Gasteiger charge is 2.15. The number of rotatable bonds is 9. The van der Waals surface area contributed by atoms with Gasteiger partial charge in [-0.2, -0.15) is 0 Å². The highest BCUT2D eigenvalue weighted by atomic mass is 16.5. The molecule has 1 fully saturated rings. The van der Waals surface area contributed by atoms with Crippen molar-refractivity contribution in [2.24, 2.45) is 10.9 Å². The Hall–Kier alpha value is -2.27. The maximum Gasteiger partial charge on any atom is 0.191 e. The molecule has 1 aromatic carbocycles. The molecule has 2 N–H and O–H groups in total. The molecule has 0 spiro atoms. The van der Waals surface area contributed by atoms with Gasteiger partial charge in [0.1, 0.15) is 5.76 Å². The van der Waals surface area contributed by atoms with Crippen LogP contribution < -0.4 is 10.6 Å². The third kappa shape index (κ3) is 6.56. The lowest BCUT2D eigenvalue weighted by molar-refractivity contribution is 0.187. The van der Waals surface area contributed by atoms with Crippen LogP contribution in [0, 0.1) is 5.92 Å². The fourth-order valence-electron chi connectivity index (χ4n) is 3.02. The van der Waals surface area contributed by atoms with E-state index in [0.717, 1.165) is 70.3 Å². The van der Waals surface area contributed by atoms with E-state index >= 15 is 0 Å². The number of hydrogen-bond acceptors (Lipinski definition) is 3. The van der Waals surface area contributed by atoms with Crippen LogP contribution in [-0.2, 0) is 17.6 Å².